The molecule has 3 rings (SSSR count). The molecule has 0 saturated heterocycles. The number of hydrogen-bond donors (Lipinski definition) is 4. The van der Waals surface area contributed by atoms with E-state index in [1.165, 1.54) is 6.21 Å². The average Bonchev–Trinajstić information content (AvgIpc) is 2.96. The second-order valence-corrected chi connectivity index (χ2v) is 6.64. The summed E-state index contributed by atoms with van der Waals surface area (Å²) in [6.07, 6.45) is 7.23. The van der Waals surface area contributed by atoms with E-state index in [2.05, 4.69) is 21.6 Å². The fraction of sp³-hybridized carbons (Fsp3) is 0.182. The Bertz CT molecular complexity index is 1260. The lowest BCUT2D eigenvalue weighted by molar-refractivity contribution is 0.855. The quantitative estimate of drug-likeness (QED) is 0.558. The van der Waals surface area contributed by atoms with Crippen LogP contribution in [0.5, 0.6) is 0 Å². The number of rotatable bonds is 5. The van der Waals surface area contributed by atoms with Gasteiger partial charge in [0.05, 0.1) is 28.2 Å². The number of nitrogens with one attached hydrogen (secondary N) is 3. The molecule has 5 N–H and O–H groups in total. The molecule has 1 aromatic carbocycles. The van der Waals surface area contributed by atoms with Gasteiger partial charge in [-0.05, 0) is 37.1 Å². The summed E-state index contributed by atoms with van der Waals surface area (Å²) in [5.74, 6) is 0. The van der Waals surface area contributed by atoms with Crippen LogP contribution in [0, 0.1) is 23.7 Å². The predicted molar refractivity (Wildman–Crippen MR) is 114 cm³/mol. The number of allylic oxidation sites excluding steroid dienone is 3. The minimum Gasteiger partial charge on any atom is -0.387 e. The predicted octanol–water partition coefficient (Wildman–Crippen LogP) is 0.580. The molecule has 0 fully saturated rings. The van der Waals surface area contributed by atoms with Crippen LogP contribution in [-0.2, 0) is 6.54 Å². The molecule has 1 aromatic heterocycles. The van der Waals surface area contributed by atoms with Crippen molar-refractivity contribution in [1.29, 1.82) is 10.7 Å². The Morgan fingerprint density at radius 2 is 2.21 bits per heavy atom. The number of H-pyrrole nitrogens is 1. The topological polar surface area (TPSA) is 131 Å². The van der Waals surface area contributed by atoms with E-state index in [9.17, 15) is 10.1 Å². The van der Waals surface area contributed by atoms with Gasteiger partial charge in [-0.2, -0.15) is 10.4 Å². The van der Waals surface area contributed by atoms with Gasteiger partial charge in [0.2, 0.25) is 0 Å². The Labute approximate surface area is 168 Å². The third kappa shape index (κ3) is 3.79. The van der Waals surface area contributed by atoms with E-state index in [1.807, 2.05) is 31.2 Å². The second-order valence-electron chi connectivity index (χ2n) is 6.64. The van der Waals surface area contributed by atoms with Gasteiger partial charge in [0.1, 0.15) is 0 Å². The van der Waals surface area contributed by atoms with E-state index in [1.54, 1.807) is 19.2 Å². The van der Waals surface area contributed by atoms with Gasteiger partial charge >= 0.3 is 0 Å². The molecule has 0 spiro atoms. The molecule has 7 heteroatoms. The lowest BCUT2D eigenvalue weighted by atomic mass is 9.94. The standard InChI is InChI=1S/C22H22N6O/c1-13-3-4-15(10-23)18(9-13)21(26-2)19(11-24)14-5-7-16-17(8-6-14)22(29)28-27-20(16)12-25/h3-4,6-9,11,24,26H,5,12,25H2,1-2H3,(H,28,29)/b21-19+,24-11?. The number of fused-ring (bicyclic) bond motifs is 1. The van der Waals surface area contributed by atoms with Gasteiger partial charge in [-0.25, -0.2) is 5.10 Å². The third-order valence-electron chi connectivity index (χ3n) is 4.88. The SMILES string of the molecule is CN/C(=C(\C=N)C1=CC=c2c(=O)[nH]nc(CN)c2=CC1)c1cc(C)ccc1C#N. The lowest BCUT2D eigenvalue weighted by Crippen LogP contribution is -2.44. The molecule has 0 atom stereocenters. The van der Waals surface area contributed by atoms with Crippen LogP contribution in [0.4, 0.5) is 0 Å². The molecular weight excluding hydrogens is 364 g/mol. The van der Waals surface area contributed by atoms with Crippen LogP contribution in [0.3, 0.4) is 0 Å². The maximum atomic E-state index is 12.2. The maximum absolute atomic E-state index is 12.2. The zero-order valence-corrected chi connectivity index (χ0v) is 16.3. The normalized spacial score (nSPS) is 13.5. The molecule has 1 aliphatic carbocycles. The highest BCUT2D eigenvalue weighted by Crippen LogP contribution is 2.26. The lowest BCUT2D eigenvalue weighted by Gasteiger charge is -2.16. The number of nitriles is 1. The van der Waals surface area contributed by atoms with Crippen molar-refractivity contribution in [1.82, 2.24) is 15.5 Å². The largest absolute Gasteiger partial charge is 0.387 e. The Hall–Kier alpha value is -3.76. The highest BCUT2D eigenvalue weighted by molar-refractivity contribution is 5.95. The van der Waals surface area contributed by atoms with Crippen molar-refractivity contribution in [3.05, 3.63) is 78.6 Å². The minimum atomic E-state index is -0.286. The molecule has 0 amide bonds. The maximum Gasteiger partial charge on any atom is 0.272 e. The summed E-state index contributed by atoms with van der Waals surface area (Å²) in [6.45, 7) is 2.17. The molecule has 2 aromatic rings. The van der Waals surface area contributed by atoms with Gasteiger partial charge in [0, 0.05) is 36.2 Å². The Balaban J connectivity index is 2.24. The first kappa shape index (κ1) is 20.0. The van der Waals surface area contributed by atoms with Gasteiger partial charge in [-0.3, -0.25) is 4.79 Å². The number of hydrogen-bond acceptors (Lipinski definition) is 6. The molecular formula is C22H22N6O. The molecule has 0 aliphatic heterocycles. The first-order valence-corrected chi connectivity index (χ1v) is 9.16. The summed E-state index contributed by atoms with van der Waals surface area (Å²) >= 11 is 0. The number of nitrogens with two attached hydrogens (primary N) is 1. The summed E-state index contributed by atoms with van der Waals surface area (Å²) in [5, 5.41) is 28.4. The van der Waals surface area contributed by atoms with Crippen LogP contribution in [0.2, 0.25) is 0 Å². The van der Waals surface area contributed by atoms with E-state index < -0.39 is 0 Å². The molecule has 1 aliphatic rings. The van der Waals surface area contributed by atoms with Crippen LogP contribution < -0.4 is 27.0 Å². The summed E-state index contributed by atoms with van der Waals surface area (Å²) in [6, 6.07) is 7.80. The van der Waals surface area contributed by atoms with E-state index in [0.717, 1.165) is 16.7 Å². The molecule has 0 unspecified atom stereocenters. The zero-order valence-electron chi connectivity index (χ0n) is 16.3. The van der Waals surface area contributed by atoms with E-state index in [4.69, 9.17) is 11.1 Å². The first-order valence-electron chi connectivity index (χ1n) is 9.16. The number of aromatic amines is 1. The highest BCUT2D eigenvalue weighted by Gasteiger charge is 2.15. The van der Waals surface area contributed by atoms with Crippen LogP contribution in [-0.4, -0.2) is 23.5 Å². The van der Waals surface area contributed by atoms with E-state index in [-0.39, 0.29) is 12.1 Å². The summed E-state index contributed by atoms with van der Waals surface area (Å²) in [4.78, 5) is 12.2. The van der Waals surface area contributed by atoms with Crippen molar-refractivity contribution in [3.63, 3.8) is 0 Å². The second kappa shape index (κ2) is 8.50. The zero-order chi connectivity index (χ0) is 21.0. The Morgan fingerprint density at radius 1 is 1.41 bits per heavy atom. The molecule has 0 saturated carbocycles. The molecule has 29 heavy (non-hydrogen) atoms. The van der Waals surface area contributed by atoms with Crippen LogP contribution in [0.1, 0.15) is 28.8 Å². The minimum absolute atomic E-state index is 0.211. The molecule has 0 bridgehead atoms. The molecule has 0 radical (unpaired) electrons. The van der Waals surface area contributed by atoms with Crippen LogP contribution >= 0.6 is 0 Å². The Morgan fingerprint density at radius 3 is 2.86 bits per heavy atom. The van der Waals surface area contributed by atoms with Crippen molar-refractivity contribution in [2.75, 3.05) is 7.05 Å². The highest BCUT2D eigenvalue weighted by atomic mass is 16.1. The van der Waals surface area contributed by atoms with Gasteiger partial charge in [0.25, 0.3) is 5.56 Å². The number of aromatic nitrogens is 2. The number of benzene rings is 1. The summed E-state index contributed by atoms with van der Waals surface area (Å²) in [7, 11) is 1.77. The van der Waals surface area contributed by atoms with Gasteiger partial charge < -0.3 is 16.5 Å². The van der Waals surface area contributed by atoms with Gasteiger partial charge in [0.15, 0.2) is 0 Å². The monoisotopic (exact) mass is 386 g/mol. The molecule has 146 valence electrons. The fourth-order valence-electron chi connectivity index (χ4n) is 3.43. The van der Waals surface area contributed by atoms with Crippen molar-refractivity contribution < 1.29 is 0 Å². The Kier molecular flexibility index (Phi) is 5.86. The van der Waals surface area contributed by atoms with Gasteiger partial charge in [-0.15, -0.1) is 0 Å². The van der Waals surface area contributed by atoms with E-state index in [0.29, 0.717) is 39.4 Å². The molecule has 1 heterocycles. The van der Waals surface area contributed by atoms with Crippen molar-refractivity contribution in [2.45, 2.75) is 19.9 Å². The van der Waals surface area contributed by atoms with Crippen molar-refractivity contribution in [2.24, 2.45) is 5.73 Å². The van der Waals surface area contributed by atoms with Crippen molar-refractivity contribution in [3.8, 4) is 6.07 Å². The van der Waals surface area contributed by atoms with Crippen LogP contribution in [0.25, 0.3) is 17.8 Å². The van der Waals surface area contributed by atoms with Crippen molar-refractivity contribution >= 4 is 24.1 Å². The van der Waals surface area contributed by atoms with E-state index >= 15 is 0 Å². The fourth-order valence-corrected chi connectivity index (χ4v) is 3.43. The first-order chi connectivity index (χ1) is 14.0. The third-order valence-corrected chi connectivity index (χ3v) is 4.88. The summed E-state index contributed by atoms with van der Waals surface area (Å²) < 4.78 is 0. The van der Waals surface area contributed by atoms with Gasteiger partial charge in [-0.1, -0.05) is 23.8 Å². The molecule has 7 nitrogen and oxygen atoms in total. The smallest absolute Gasteiger partial charge is 0.272 e. The average molecular weight is 386 g/mol. The summed E-state index contributed by atoms with van der Waals surface area (Å²) in [5.41, 5.74) is 10.5. The number of aryl methyl sites for hydroxylation is 1. The number of nitrogens with zero attached hydrogens (tertiary/aromatic N) is 2. The van der Waals surface area contributed by atoms with Crippen LogP contribution in [0.15, 0.2) is 40.2 Å².